The molecular weight excluding hydrogens is 596 g/mol. The van der Waals surface area contributed by atoms with E-state index in [4.69, 9.17) is 14.2 Å². The van der Waals surface area contributed by atoms with E-state index in [0.29, 0.717) is 41.5 Å². The van der Waals surface area contributed by atoms with Gasteiger partial charge in [-0.1, -0.05) is 53.2 Å². The highest BCUT2D eigenvalue weighted by atomic mass is 16.5. The third kappa shape index (κ3) is 7.20. The number of methoxy groups -OCH3 is 2. The van der Waals surface area contributed by atoms with Crippen LogP contribution in [0.3, 0.4) is 0 Å². The number of carbonyl (C=O) groups is 2. The van der Waals surface area contributed by atoms with E-state index in [9.17, 15) is 9.59 Å². The second-order valence-corrected chi connectivity index (χ2v) is 11.4. The Kier molecular flexibility index (Phi) is 9.63. The molecule has 47 heavy (non-hydrogen) atoms. The van der Waals surface area contributed by atoms with Gasteiger partial charge in [0, 0.05) is 31.0 Å². The fourth-order valence-electron chi connectivity index (χ4n) is 5.75. The van der Waals surface area contributed by atoms with Crippen molar-refractivity contribution in [3.8, 4) is 11.5 Å². The Morgan fingerprint density at radius 1 is 0.915 bits per heavy atom. The number of nitrogens with zero attached hydrogens (tertiary/aromatic N) is 5. The number of ether oxygens (including phenoxy) is 3. The largest absolute Gasteiger partial charge is 0.493 e. The van der Waals surface area contributed by atoms with Crippen LogP contribution in [0.5, 0.6) is 11.5 Å². The summed E-state index contributed by atoms with van der Waals surface area (Å²) >= 11 is 0. The molecule has 2 amide bonds. The molecule has 0 radical (unpaired) electrons. The number of aryl methyl sites for hydroxylation is 1. The van der Waals surface area contributed by atoms with Gasteiger partial charge in [0.25, 0.3) is 5.91 Å². The minimum atomic E-state index is -1.03. The maximum Gasteiger partial charge on any atom is 0.251 e. The zero-order valence-corrected chi connectivity index (χ0v) is 26.8. The third-order valence-electron chi connectivity index (χ3n) is 8.29. The van der Waals surface area contributed by atoms with Gasteiger partial charge in [0.05, 0.1) is 33.0 Å². The van der Waals surface area contributed by atoms with Gasteiger partial charge >= 0.3 is 0 Å². The molecule has 1 atom stereocenters. The van der Waals surface area contributed by atoms with Gasteiger partial charge in [-0.25, -0.2) is 4.68 Å². The lowest BCUT2D eigenvalue weighted by Crippen LogP contribution is -2.42. The first-order valence-corrected chi connectivity index (χ1v) is 15.5. The van der Waals surface area contributed by atoms with Crippen molar-refractivity contribution in [1.29, 1.82) is 0 Å². The van der Waals surface area contributed by atoms with Gasteiger partial charge in [-0.3, -0.25) is 9.59 Å². The molecule has 1 saturated heterocycles. The molecule has 11 nitrogen and oxygen atoms in total. The second-order valence-electron chi connectivity index (χ2n) is 11.4. The highest BCUT2D eigenvalue weighted by Crippen LogP contribution is 2.34. The van der Waals surface area contributed by atoms with Crippen LogP contribution in [0.15, 0.2) is 91.0 Å². The van der Waals surface area contributed by atoms with Crippen LogP contribution in [0.25, 0.3) is 11.0 Å². The predicted molar refractivity (Wildman–Crippen MR) is 180 cm³/mol. The van der Waals surface area contributed by atoms with Gasteiger partial charge in [0.1, 0.15) is 18.1 Å². The average Bonchev–Trinajstić information content (AvgIpc) is 3.51. The quantitative estimate of drug-likeness (QED) is 0.216. The minimum Gasteiger partial charge on any atom is -0.493 e. The first-order valence-electron chi connectivity index (χ1n) is 15.5. The Morgan fingerprint density at radius 2 is 1.64 bits per heavy atom. The van der Waals surface area contributed by atoms with Crippen molar-refractivity contribution in [2.24, 2.45) is 0 Å². The van der Waals surface area contributed by atoms with Crippen molar-refractivity contribution in [1.82, 2.24) is 19.9 Å². The van der Waals surface area contributed by atoms with Crippen LogP contribution in [0.1, 0.15) is 22.7 Å². The van der Waals surface area contributed by atoms with Gasteiger partial charge in [-0.05, 0) is 66.6 Å². The van der Waals surface area contributed by atoms with E-state index in [-0.39, 0.29) is 24.9 Å². The van der Waals surface area contributed by atoms with Crippen LogP contribution in [0, 0.1) is 6.92 Å². The molecule has 6 rings (SSSR count). The van der Waals surface area contributed by atoms with Gasteiger partial charge in [-0.15, -0.1) is 5.10 Å². The third-order valence-corrected chi connectivity index (χ3v) is 8.29. The van der Waals surface area contributed by atoms with Crippen LogP contribution >= 0.6 is 0 Å². The molecule has 11 heteroatoms. The summed E-state index contributed by atoms with van der Waals surface area (Å²) in [6.07, 6.45) is 0. The number of benzene rings is 4. The summed E-state index contributed by atoms with van der Waals surface area (Å²) in [5.41, 5.74) is 5.61. The van der Waals surface area contributed by atoms with Crippen LogP contribution in [-0.4, -0.2) is 72.2 Å². The summed E-state index contributed by atoms with van der Waals surface area (Å²) in [5.74, 6) is 0.279. The lowest BCUT2D eigenvalue weighted by molar-refractivity contribution is -0.140. The fraction of sp³-hybridized carbons (Fsp3) is 0.278. The van der Waals surface area contributed by atoms with Gasteiger partial charge < -0.3 is 29.3 Å². The van der Waals surface area contributed by atoms with Crippen molar-refractivity contribution >= 4 is 34.2 Å². The summed E-state index contributed by atoms with van der Waals surface area (Å²) in [6.45, 7) is 5.05. The van der Waals surface area contributed by atoms with Crippen LogP contribution in [0.2, 0.25) is 0 Å². The van der Waals surface area contributed by atoms with Crippen molar-refractivity contribution < 1.29 is 23.8 Å². The molecule has 2 heterocycles. The molecule has 1 aliphatic rings. The number of rotatable bonds is 11. The normalized spacial score (nSPS) is 13.6. The standard InChI is InChI=1S/C36H38N6O5/c1-25-8-10-26(11-9-25)23-41(34(43)24-42-31-7-5-4-6-30(31)38-39-42)35(27-12-17-32(45-2)33(22-27)46-3)36(44)37-28-13-15-29(16-14-28)40-18-20-47-21-19-40/h4-17,22,35H,18-21,23-24H2,1-3H3,(H,37,44)/t35-/m1/s1. The molecule has 0 saturated carbocycles. The minimum absolute atomic E-state index is 0.113. The molecule has 1 fully saturated rings. The topological polar surface area (TPSA) is 111 Å². The van der Waals surface area contributed by atoms with E-state index in [1.54, 1.807) is 34.9 Å². The molecule has 1 aliphatic heterocycles. The van der Waals surface area contributed by atoms with Crippen molar-refractivity contribution in [2.75, 3.05) is 50.7 Å². The van der Waals surface area contributed by atoms with E-state index in [1.165, 1.54) is 7.11 Å². The lowest BCUT2D eigenvalue weighted by atomic mass is 10.0. The second kappa shape index (κ2) is 14.3. The molecule has 1 aromatic heterocycles. The van der Waals surface area contributed by atoms with E-state index in [0.717, 1.165) is 35.4 Å². The van der Waals surface area contributed by atoms with Crippen LogP contribution < -0.4 is 19.7 Å². The zero-order chi connectivity index (χ0) is 32.8. The Labute approximate surface area is 273 Å². The molecule has 0 aliphatic carbocycles. The average molecular weight is 635 g/mol. The summed E-state index contributed by atoms with van der Waals surface area (Å²) in [7, 11) is 3.09. The monoisotopic (exact) mass is 634 g/mol. The van der Waals surface area contributed by atoms with Gasteiger partial charge in [-0.2, -0.15) is 0 Å². The van der Waals surface area contributed by atoms with Crippen molar-refractivity contribution in [2.45, 2.75) is 26.1 Å². The molecule has 0 bridgehead atoms. The van der Waals surface area contributed by atoms with E-state index >= 15 is 0 Å². The van der Waals surface area contributed by atoms with Gasteiger partial charge in [0.2, 0.25) is 5.91 Å². The number of carbonyl (C=O) groups excluding carboxylic acids is 2. The van der Waals surface area contributed by atoms with E-state index < -0.39 is 6.04 Å². The number of hydrogen-bond acceptors (Lipinski definition) is 8. The summed E-state index contributed by atoms with van der Waals surface area (Å²) in [5, 5.41) is 11.5. The smallest absolute Gasteiger partial charge is 0.251 e. The number of morpholine rings is 1. The predicted octanol–water partition coefficient (Wildman–Crippen LogP) is 5.00. The highest BCUT2D eigenvalue weighted by molar-refractivity contribution is 5.98. The summed E-state index contributed by atoms with van der Waals surface area (Å²) < 4.78 is 18.1. The molecule has 5 aromatic rings. The number of amides is 2. The number of anilines is 2. The molecule has 4 aromatic carbocycles. The Bertz CT molecular complexity index is 1830. The molecular formula is C36H38N6O5. The number of aromatic nitrogens is 3. The Morgan fingerprint density at radius 3 is 2.36 bits per heavy atom. The molecule has 242 valence electrons. The molecule has 0 unspecified atom stereocenters. The number of fused-ring (bicyclic) bond motifs is 1. The Hall–Kier alpha value is -5.42. The number of nitrogens with one attached hydrogen (secondary N) is 1. The Balaban J connectivity index is 1.37. The van der Waals surface area contributed by atoms with E-state index in [1.807, 2.05) is 79.7 Å². The number of para-hydroxylation sites is 1. The van der Waals surface area contributed by atoms with Crippen molar-refractivity contribution in [3.05, 3.63) is 108 Å². The molecule has 0 spiro atoms. The lowest BCUT2D eigenvalue weighted by Gasteiger charge is -2.32. The first-order chi connectivity index (χ1) is 22.9. The first kappa shape index (κ1) is 31.6. The van der Waals surface area contributed by atoms with Crippen LogP contribution in [-0.2, 0) is 27.4 Å². The number of hydrogen-bond donors (Lipinski definition) is 1. The maximum absolute atomic E-state index is 14.4. The van der Waals surface area contributed by atoms with Gasteiger partial charge in [0.15, 0.2) is 11.5 Å². The van der Waals surface area contributed by atoms with Crippen molar-refractivity contribution in [3.63, 3.8) is 0 Å². The maximum atomic E-state index is 14.4. The molecule has 1 N–H and O–H groups in total. The summed E-state index contributed by atoms with van der Waals surface area (Å²) in [6, 6.07) is 27.3. The SMILES string of the molecule is COc1ccc([C@H](C(=O)Nc2ccc(N3CCOCC3)cc2)N(Cc2ccc(C)cc2)C(=O)Cn2nnc3ccccc32)cc1OC. The fourth-order valence-corrected chi connectivity index (χ4v) is 5.75. The zero-order valence-electron chi connectivity index (χ0n) is 26.8. The van der Waals surface area contributed by atoms with Crippen LogP contribution in [0.4, 0.5) is 11.4 Å². The summed E-state index contributed by atoms with van der Waals surface area (Å²) in [4.78, 5) is 32.6. The highest BCUT2D eigenvalue weighted by Gasteiger charge is 2.33. The van der Waals surface area contributed by atoms with E-state index in [2.05, 4.69) is 20.5 Å².